The Bertz CT molecular complexity index is 486. The van der Waals surface area contributed by atoms with Crippen LogP contribution in [0, 0.1) is 0 Å². The van der Waals surface area contributed by atoms with Crippen molar-refractivity contribution in [2.75, 3.05) is 0 Å². The van der Waals surface area contributed by atoms with E-state index in [1.807, 2.05) is 0 Å². The normalized spacial score (nSPS) is 16.2. The quantitative estimate of drug-likeness (QED) is 0.658. The smallest absolute Gasteiger partial charge is 0.253 e. The first kappa shape index (κ1) is 11.9. The van der Waals surface area contributed by atoms with Crippen LogP contribution in [0.15, 0.2) is 37.4 Å². The SMILES string of the molecule is C=CCC1(CC=C)NC(=O)c2ccc(Cl)nc21. The molecule has 0 spiro atoms. The molecular formula is C13H13ClN2O. The van der Waals surface area contributed by atoms with Gasteiger partial charge < -0.3 is 5.32 Å². The van der Waals surface area contributed by atoms with Gasteiger partial charge in [0.2, 0.25) is 0 Å². The van der Waals surface area contributed by atoms with Crippen LogP contribution in [0.3, 0.4) is 0 Å². The summed E-state index contributed by atoms with van der Waals surface area (Å²) < 4.78 is 0. The van der Waals surface area contributed by atoms with E-state index in [4.69, 9.17) is 11.6 Å². The van der Waals surface area contributed by atoms with Gasteiger partial charge in [-0.15, -0.1) is 13.2 Å². The number of amides is 1. The molecule has 1 aromatic rings. The Hall–Kier alpha value is -1.61. The van der Waals surface area contributed by atoms with E-state index in [1.54, 1.807) is 24.3 Å². The van der Waals surface area contributed by atoms with E-state index >= 15 is 0 Å². The monoisotopic (exact) mass is 248 g/mol. The summed E-state index contributed by atoms with van der Waals surface area (Å²) in [6, 6.07) is 3.33. The zero-order valence-electron chi connectivity index (χ0n) is 9.37. The minimum atomic E-state index is -0.541. The molecule has 0 unspecified atom stereocenters. The molecule has 2 heterocycles. The fourth-order valence-corrected chi connectivity index (χ4v) is 2.35. The van der Waals surface area contributed by atoms with Gasteiger partial charge in [-0.2, -0.15) is 0 Å². The number of hydrogen-bond donors (Lipinski definition) is 1. The van der Waals surface area contributed by atoms with E-state index in [0.29, 0.717) is 29.3 Å². The second-order valence-corrected chi connectivity index (χ2v) is 4.44. The summed E-state index contributed by atoms with van der Waals surface area (Å²) in [5, 5.41) is 3.35. The fraction of sp³-hybridized carbons (Fsp3) is 0.231. The number of nitrogens with one attached hydrogen (secondary N) is 1. The molecule has 1 N–H and O–H groups in total. The number of carbonyl (C=O) groups is 1. The number of pyridine rings is 1. The average molecular weight is 249 g/mol. The molecule has 0 atom stereocenters. The Kier molecular flexibility index (Phi) is 3.03. The van der Waals surface area contributed by atoms with Gasteiger partial charge in [0.25, 0.3) is 5.91 Å². The van der Waals surface area contributed by atoms with Crippen molar-refractivity contribution in [3.63, 3.8) is 0 Å². The van der Waals surface area contributed by atoms with Gasteiger partial charge in [-0.05, 0) is 25.0 Å². The number of aromatic nitrogens is 1. The molecule has 0 saturated heterocycles. The maximum Gasteiger partial charge on any atom is 0.253 e. The zero-order valence-corrected chi connectivity index (χ0v) is 10.1. The molecule has 1 aliphatic heterocycles. The molecule has 0 fully saturated rings. The van der Waals surface area contributed by atoms with E-state index in [9.17, 15) is 4.79 Å². The minimum Gasteiger partial charge on any atom is -0.340 e. The van der Waals surface area contributed by atoms with Gasteiger partial charge in [0.15, 0.2) is 0 Å². The second-order valence-electron chi connectivity index (χ2n) is 4.05. The van der Waals surface area contributed by atoms with Crippen LogP contribution in [0.2, 0.25) is 5.15 Å². The van der Waals surface area contributed by atoms with Crippen molar-refractivity contribution in [3.05, 3.63) is 53.9 Å². The molecule has 1 amide bonds. The molecule has 0 aromatic carbocycles. The van der Waals surface area contributed by atoms with Crippen LogP contribution in [0.1, 0.15) is 28.9 Å². The molecule has 2 rings (SSSR count). The summed E-state index contributed by atoms with van der Waals surface area (Å²) in [5.74, 6) is -0.118. The lowest BCUT2D eigenvalue weighted by Crippen LogP contribution is -2.39. The topological polar surface area (TPSA) is 42.0 Å². The lowest BCUT2D eigenvalue weighted by molar-refractivity contribution is 0.0930. The highest BCUT2D eigenvalue weighted by molar-refractivity contribution is 6.29. The Morgan fingerprint density at radius 2 is 2.00 bits per heavy atom. The molecule has 17 heavy (non-hydrogen) atoms. The highest BCUT2D eigenvalue weighted by Crippen LogP contribution is 2.36. The Balaban J connectivity index is 2.58. The number of fused-ring (bicyclic) bond motifs is 1. The Labute approximate surface area is 105 Å². The number of hydrogen-bond acceptors (Lipinski definition) is 2. The first-order valence-electron chi connectivity index (χ1n) is 5.34. The molecule has 4 heteroatoms. The zero-order chi connectivity index (χ0) is 12.5. The summed E-state index contributed by atoms with van der Waals surface area (Å²) in [4.78, 5) is 16.2. The number of rotatable bonds is 4. The third-order valence-corrected chi connectivity index (χ3v) is 3.11. The third kappa shape index (κ3) is 1.87. The van der Waals surface area contributed by atoms with E-state index in [1.165, 1.54) is 0 Å². The maximum atomic E-state index is 11.9. The fourth-order valence-electron chi connectivity index (χ4n) is 2.20. The number of nitrogens with zero attached hydrogens (tertiary/aromatic N) is 1. The molecule has 1 aromatic heterocycles. The molecular weight excluding hydrogens is 236 g/mol. The van der Waals surface area contributed by atoms with Crippen LogP contribution in [0.5, 0.6) is 0 Å². The molecule has 0 radical (unpaired) electrons. The van der Waals surface area contributed by atoms with Crippen molar-refractivity contribution in [3.8, 4) is 0 Å². The van der Waals surface area contributed by atoms with Crippen molar-refractivity contribution in [2.45, 2.75) is 18.4 Å². The first-order chi connectivity index (χ1) is 8.13. The van der Waals surface area contributed by atoms with E-state index in [0.717, 1.165) is 0 Å². The summed E-state index contributed by atoms with van der Waals surface area (Å²) in [6.45, 7) is 7.45. The molecule has 0 saturated carbocycles. The second kappa shape index (κ2) is 4.34. The van der Waals surface area contributed by atoms with Gasteiger partial charge in [-0.25, -0.2) is 4.98 Å². The predicted molar refractivity (Wildman–Crippen MR) is 68.0 cm³/mol. The van der Waals surface area contributed by atoms with Gasteiger partial charge in [-0.1, -0.05) is 23.8 Å². The molecule has 88 valence electrons. The summed E-state index contributed by atoms with van der Waals surface area (Å²) in [5.41, 5.74) is 0.730. The van der Waals surface area contributed by atoms with Crippen molar-refractivity contribution in [1.82, 2.24) is 10.3 Å². The highest BCUT2D eigenvalue weighted by Gasteiger charge is 2.42. The van der Waals surface area contributed by atoms with Crippen molar-refractivity contribution < 1.29 is 4.79 Å². The van der Waals surface area contributed by atoms with Gasteiger partial charge in [0.05, 0.1) is 16.8 Å². The molecule has 1 aliphatic rings. The van der Waals surface area contributed by atoms with E-state index in [-0.39, 0.29) is 5.91 Å². The first-order valence-corrected chi connectivity index (χ1v) is 5.72. The van der Waals surface area contributed by atoms with Crippen LogP contribution in [0.4, 0.5) is 0 Å². The largest absolute Gasteiger partial charge is 0.340 e. The van der Waals surface area contributed by atoms with Gasteiger partial charge in [0, 0.05) is 0 Å². The highest BCUT2D eigenvalue weighted by atomic mass is 35.5. The number of carbonyl (C=O) groups excluding carboxylic acids is 1. The van der Waals surface area contributed by atoms with Crippen molar-refractivity contribution in [2.24, 2.45) is 0 Å². The molecule has 3 nitrogen and oxygen atoms in total. The number of halogens is 1. The van der Waals surface area contributed by atoms with Crippen molar-refractivity contribution in [1.29, 1.82) is 0 Å². The predicted octanol–water partition coefficient (Wildman–Crippen LogP) is 2.83. The Morgan fingerprint density at radius 1 is 1.35 bits per heavy atom. The average Bonchev–Trinajstić information content (AvgIpc) is 2.53. The van der Waals surface area contributed by atoms with Gasteiger partial charge >= 0.3 is 0 Å². The Morgan fingerprint density at radius 3 is 2.59 bits per heavy atom. The lowest BCUT2D eigenvalue weighted by Gasteiger charge is -2.26. The summed E-state index contributed by atoms with van der Waals surface area (Å²) in [6.07, 6.45) is 4.74. The van der Waals surface area contributed by atoms with Crippen LogP contribution < -0.4 is 5.32 Å². The van der Waals surface area contributed by atoms with Crippen LogP contribution >= 0.6 is 11.6 Å². The maximum absolute atomic E-state index is 11.9. The molecule has 0 aliphatic carbocycles. The van der Waals surface area contributed by atoms with E-state index < -0.39 is 5.54 Å². The van der Waals surface area contributed by atoms with E-state index in [2.05, 4.69) is 23.5 Å². The van der Waals surface area contributed by atoms with Gasteiger partial charge in [-0.3, -0.25) is 4.79 Å². The minimum absolute atomic E-state index is 0.118. The van der Waals surface area contributed by atoms with Gasteiger partial charge in [0.1, 0.15) is 5.15 Å². The van der Waals surface area contributed by atoms with Crippen molar-refractivity contribution >= 4 is 17.5 Å². The summed E-state index contributed by atoms with van der Waals surface area (Å²) in [7, 11) is 0. The third-order valence-electron chi connectivity index (χ3n) is 2.90. The molecule has 0 bridgehead atoms. The standard InChI is InChI=1S/C13H13ClN2O/c1-3-7-13(8-4-2)11-9(12(17)16-13)5-6-10(14)15-11/h3-6H,1-2,7-8H2,(H,16,17). The van der Waals surface area contributed by atoms with Crippen LogP contribution in [0.25, 0.3) is 0 Å². The van der Waals surface area contributed by atoms with Crippen LogP contribution in [-0.4, -0.2) is 10.9 Å². The van der Waals surface area contributed by atoms with Crippen LogP contribution in [-0.2, 0) is 5.54 Å². The lowest BCUT2D eigenvalue weighted by atomic mass is 9.88. The summed E-state index contributed by atoms with van der Waals surface area (Å²) >= 11 is 5.90.